The zero-order valence-electron chi connectivity index (χ0n) is 19.2. The first-order valence-electron chi connectivity index (χ1n) is 10.8. The van der Waals surface area contributed by atoms with Crippen molar-refractivity contribution in [3.8, 4) is 11.4 Å². The van der Waals surface area contributed by atoms with Gasteiger partial charge in [0.15, 0.2) is 5.65 Å². The largest absolute Gasteiger partial charge is 0.478 e. The Morgan fingerprint density at radius 2 is 2.03 bits per heavy atom. The Hall–Kier alpha value is -3.04. The number of benzene rings is 1. The molecule has 4 rings (SSSR count). The van der Waals surface area contributed by atoms with E-state index in [1.165, 1.54) is 5.56 Å². The van der Waals surface area contributed by atoms with Crippen LogP contribution in [0.2, 0.25) is 25.7 Å². The van der Waals surface area contributed by atoms with Crippen LogP contribution < -0.4 is 0 Å². The molecule has 0 saturated heterocycles. The topological polar surface area (TPSA) is 95.1 Å². The maximum absolute atomic E-state index is 11.9. The summed E-state index contributed by atoms with van der Waals surface area (Å²) >= 11 is 0. The molecule has 0 aliphatic rings. The van der Waals surface area contributed by atoms with E-state index in [0.717, 1.165) is 23.4 Å². The number of carboxylic acid groups (broad SMARTS) is 1. The van der Waals surface area contributed by atoms with Gasteiger partial charge in [-0.05, 0) is 24.1 Å². The minimum Gasteiger partial charge on any atom is -0.478 e. The van der Waals surface area contributed by atoms with E-state index in [2.05, 4.69) is 53.8 Å². The van der Waals surface area contributed by atoms with Gasteiger partial charge < -0.3 is 14.4 Å². The van der Waals surface area contributed by atoms with Crippen LogP contribution in [0.15, 0.2) is 30.6 Å². The molecule has 0 atom stereocenters. The molecule has 0 aliphatic heterocycles. The van der Waals surface area contributed by atoms with Crippen molar-refractivity contribution in [2.45, 2.75) is 45.8 Å². The van der Waals surface area contributed by atoms with Crippen LogP contribution in [0.4, 0.5) is 0 Å². The number of aryl methyl sites for hydroxylation is 2. The summed E-state index contributed by atoms with van der Waals surface area (Å²) in [6.07, 6.45) is 4.15. The van der Waals surface area contributed by atoms with E-state index in [9.17, 15) is 9.90 Å². The normalized spacial score (nSPS) is 12.2. The Balaban J connectivity index is 1.72. The lowest BCUT2D eigenvalue weighted by molar-refractivity contribution is 0.0696. The molecule has 32 heavy (non-hydrogen) atoms. The zero-order chi connectivity index (χ0) is 23.0. The van der Waals surface area contributed by atoms with E-state index in [4.69, 9.17) is 4.74 Å². The highest BCUT2D eigenvalue weighted by Crippen LogP contribution is 2.29. The second-order valence-electron chi connectivity index (χ2n) is 9.27. The molecule has 4 aromatic rings. The van der Waals surface area contributed by atoms with Gasteiger partial charge in [-0.25, -0.2) is 14.8 Å². The van der Waals surface area contributed by atoms with Crippen LogP contribution in [0.1, 0.15) is 22.8 Å². The van der Waals surface area contributed by atoms with Gasteiger partial charge in [0.2, 0.25) is 0 Å². The van der Waals surface area contributed by atoms with Crippen LogP contribution in [0.5, 0.6) is 0 Å². The summed E-state index contributed by atoms with van der Waals surface area (Å²) in [5.74, 6) is -1.04. The molecule has 0 aliphatic carbocycles. The van der Waals surface area contributed by atoms with Crippen LogP contribution in [-0.4, -0.2) is 50.1 Å². The Labute approximate surface area is 187 Å². The number of fused-ring (bicyclic) bond motifs is 2. The smallest absolute Gasteiger partial charge is 0.339 e. The molecule has 0 amide bonds. The number of hydrogen-bond donors (Lipinski definition) is 1. The van der Waals surface area contributed by atoms with Crippen molar-refractivity contribution in [3.63, 3.8) is 0 Å². The first kappa shape index (κ1) is 22.2. The third-order valence-corrected chi connectivity index (χ3v) is 7.29. The van der Waals surface area contributed by atoms with Crippen molar-refractivity contribution >= 4 is 36.1 Å². The summed E-state index contributed by atoms with van der Waals surface area (Å²) in [7, 11) is 0.698. The fourth-order valence-corrected chi connectivity index (χ4v) is 4.43. The van der Waals surface area contributed by atoms with Crippen LogP contribution in [0.25, 0.3) is 33.5 Å². The number of rotatable bonds is 8. The average Bonchev–Trinajstić information content (AvgIpc) is 3.28. The number of carboxylic acids is 1. The van der Waals surface area contributed by atoms with Gasteiger partial charge in [-0.15, -0.1) is 0 Å². The SMILES string of the molecule is CCc1ccc2c(-c3cnc4c(n3)c(C(=O)O)cn4COCC[Si](C)(C)C)nn(C)c2c1. The lowest BCUT2D eigenvalue weighted by Crippen LogP contribution is -2.22. The molecule has 0 saturated carbocycles. The molecule has 1 aromatic carbocycles. The Kier molecular flexibility index (Phi) is 5.87. The minimum atomic E-state index is -1.20. The number of carbonyl (C=O) groups is 1. The quantitative estimate of drug-likeness (QED) is 0.312. The molecule has 0 bridgehead atoms. The Morgan fingerprint density at radius 1 is 1.25 bits per heavy atom. The van der Waals surface area contributed by atoms with Crippen LogP contribution in [-0.2, 0) is 24.9 Å². The second kappa shape index (κ2) is 8.48. The molecule has 3 aromatic heterocycles. The van der Waals surface area contributed by atoms with E-state index < -0.39 is 14.0 Å². The van der Waals surface area contributed by atoms with Crippen molar-refractivity contribution in [3.05, 3.63) is 41.7 Å². The fourth-order valence-electron chi connectivity index (χ4n) is 3.67. The highest BCUT2D eigenvalue weighted by Gasteiger charge is 2.20. The Morgan fingerprint density at radius 3 is 2.72 bits per heavy atom. The number of aromatic nitrogens is 5. The summed E-state index contributed by atoms with van der Waals surface area (Å²) in [6, 6.07) is 7.28. The molecule has 3 heterocycles. The van der Waals surface area contributed by atoms with E-state index in [0.29, 0.717) is 29.2 Å². The first-order chi connectivity index (χ1) is 15.2. The van der Waals surface area contributed by atoms with Gasteiger partial charge in [0, 0.05) is 33.3 Å². The van der Waals surface area contributed by atoms with E-state index in [1.807, 2.05) is 17.8 Å². The molecule has 0 radical (unpaired) electrons. The summed E-state index contributed by atoms with van der Waals surface area (Å²) in [5.41, 5.74) is 4.42. The van der Waals surface area contributed by atoms with Gasteiger partial charge in [-0.3, -0.25) is 4.68 Å². The van der Waals surface area contributed by atoms with Gasteiger partial charge in [-0.1, -0.05) is 38.7 Å². The summed E-state index contributed by atoms with van der Waals surface area (Å²) < 4.78 is 9.35. The molecule has 1 N–H and O–H groups in total. The summed E-state index contributed by atoms with van der Waals surface area (Å²) in [6.45, 7) is 9.88. The average molecular weight is 452 g/mol. The minimum absolute atomic E-state index is 0.108. The highest BCUT2D eigenvalue weighted by atomic mass is 28.3. The third-order valence-electron chi connectivity index (χ3n) is 5.59. The second-order valence-corrected chi connectivity index (χ2v) is 14.9. The molecule has 9 heteroatoms. The van der Waals surface area contributed by atoms with Crippen LogP contribution in [0.3, 0.4) is 0 Å². The standard InChI is InChI=1S/C23H29N5O3Si/c1-6-15-7-8-16-19(11-15)27(2)26-20(16)18-12-24-22-21(25-18)17(23(29)30)13-28(22)14-31-9-10-32(3,4)5/h7-8,11-13H,6,9-10,14H2,1-5H3,(H,29,30). The van der Waals surface area contributed by atoms with E-state index in [1.54, 1.807) is 17.0 Å². The van der Waals surface area contributed by atoms with Gasteiger partial charge >= 0.3 is 5.97 Å². The lowest BCUT2D eigenvalue weighted by atomic mass is 10.1. The molecule has 168 valence electrons. The van der Waals surface area contributed by atoms with E-state index >= 15 is 0 Å². The van der Waals surface area contributed by atoms with Crippen molar-refractivity contribution in [1.82, 2.24) is 24.3 Å². The molecule has 0 spiro atoms. The zero-order valence-corrected chi connectivity index (χ0v) is 20.2. The predicted octanol–water partition coefficient (Wildman–Crippen LogP) is 4.56. The highest BCUT2D eigenvalue weighted by molar-refractivity contribution is 6.76. The molecule has 8 nitrogen and oxygen atoms in total. The third kappa shape index (κ3) is 4.30. The van der Waals surface area contributed by atoms with Crippen molar-refractivity contribution in [2.75, 3.05) is 6.61 Å². The maximum atomic E-state index is 11.9. The Bertz CT molecular complexity index is 1300. The van der Waals surface area contributed by atoms with Crippen molar-refractivity contribution < 1.29 is 14.6 Å². The van der Waals surface area contributed by atoms with Crippen molar-refractivity contribution in [1.29, 1.82) is 0 Å². The lowest BCUT2D eigenvalue weighted by Gasteiger charge is -2.15. The molecule has 0 fully saturated rings. The maximum Gasteiger partial charge on any atom is 0.339 e. The van der Waals surface area contributed by atoms with Crippen molar-refractivity contribution in [2.24, 2.45) is 7.05 Å². The van der Waals surface area contributed by atoms with Crippen LogP contribution in [0, 0.1) is 0 Å². The first-order valence-corrected chi connectivity index (χ1v) is 14.5. The van der Waals surface area contributed by atoms with Gasteiger partial charge in [0.25, 0.3) is 0 Å². The van der Waals surface area contributed by atoms with Gasteiger partial charge in [-0.2, -0.15) is 5.10 Å². The number of aromatic carboxylic acids is 1. The summed E-state index contributed by atoms with van der Waals surface area (Å²) in [4.78, 5) is 21.1. The number of ether oxygens (including phenoxy) is 1. The number of hydrogen-bond acceptors (Lipinski definition) is 5. The molecular formula is C23H29N5O3Si. The molecule has 0 unspecified atom stereocenters. The molecular weight excluding hydrogens is 422 g/mol. The van der Waals surface area contributed by atoms with Crippen LogP contribution >= 0.6 is 0 Å². The monoisotopic (exact) mass is 451 g/mol. The summed E-state index contributed by atoms with van der Waals surface area (Å²) in [5, 5.41) is 15.3. The number of nitrogens with zero attached hydrogens (tertiary/aromatic N) is 5. The fraction of sp³-hybridized carbons (Fsp3) is 0.391. The predicted molar refractivity (Wildman–Crippen MR) is 128 cm³/mol. The van der Waals surface area contributed by atoms with Gasteiger partial charge in [0.05, 0.1) is 11.7 Å². The van der Waals surface area contributed by atoms with E-state index in [-0.39, 0.29) is 12.3 Å². The van der Waals surface area contributed by atoms with Gasteiger partial charge in [0.1, 0.15) is 29.2 Å².